The van der Waals surface area contributed by atoms with E-state index in [4.69, 9.17) is 0 Å². The van der Waals surface area contributed by atoms with E-state index in [2.05, 4.69) is 16.9 Å². The van der Waals surface area contributed by atoms with Gasteiger partial charge in [-0.2, -0.15) is 0 Å². The summed E-state index contributed by atoms with van der Waals surface area (Å²) in [6.45, 7) is 2.67. The minimum Gasteiger partial charge on any atom is -0.339 e. The highest BCUT2D eigenvalue weighted by Crippen LogP contribution is 2.07. The number of fused-ring (bicyclic) bond motifs is 1. The Morgan fingerprint density at radius 3 is 2.64 bits per heavy atom. The molecule has 0 aliphatic heterocycles. The summed E-state index contributed by atoms with van der Waals surface area (Å²) in [6.07, 6.45) is 4.43. The van der Waals surface area contributed by atoms with Gasteiger partial charge in [-0.15, -0.1) is 0 Å². The first-order chi connectivity index (χ1) is 10.7. The summed E-state index contributed by atoms with van der Waals surface area (Å²) in [5, 5.41) is 0. The van der Waals surface area contributed by atoms with Crippen LogP contribution < -0.4 is 11.2 Å². The predicted octanol–water partition coefficient (Wildman–Crippen LogP) is 2.07. The Morgan fingerprint density at radius 1 is 1.14 bits per heavy atom. The summed E-state index contributed by atoms with van der Waals surface area (Å²) in [5.74, 6) is 0. The molecule has 0 unspecified atom stereocenters. The molecule has 0 radical (unpaired) electrons. The average Bonchev–Trinajstić information content (AvgIpc) is 3.01. The zero-order valence-corrected chi connectivity index (χ0v) is 12.5. The first-order valence-corrected chi connectivity index (χ1v) is 7.48. The quantitative estimate of drug-likeness (QED) is 0.733. The summed E-state index contributed by atoms with van der Waals surface area (Å²) in [4.78, 5) is 32.3. The van der Waals surface area contributed by atoms with E-state index in [9.17, 15) is 9.59 Å². The molecule has 114 valence electrons. The van der Waals surface area contributed by atoms with Gasteiger partial charge in [-0.1, -0.05) is 38.0 Å². The molecule has 6 heteroatoms. The fourth-order valence-electron chi connectivity index (χ4n) is 2.59. The van der Waals surface area contributed by atoms with Crippen molar-refractivity contribution in [1.82, 2.24) is 19.1 Å². The number of para-hydroxylation sites is 1. The highest BCUT2D eigenvalue weighted by Gasteiger charge is 2.15. The number of aromatic nitrogens is 4. The molecule has 0 amide bonds. The number of nitrogens with zero attached hydrogens (tertiary/aromatic N) is 3. The van der Waals surface area contributed by atoms with E-state index in [0.29, 0.717) is 23.4 Å². The van der Waals surface area contributed by atoms with Crippen LogP contribution in [0, 0.1) is 0 Å². The van der Waals surface area contributed by atoms with E-state index in [1.165, 1.54) is 10.9 Å². The van der Waals surface area contributed by atoms with Gasteiger partial charge in [0.2, 0.25) is 0 Å². The van der Waals surface area contributed by atoms with Crippen molar-refractivity contribution < 1.29 is 0 Å². The van der Waals surface area contributed by atoms with Crippen molar-refractivity contribution in [2.24, 2.45) is 0 Å². The van der Waals surface area contributed by atoms with Crippen molar-refractivity contribution in [2.45, 2.75) is 32.7 Å². The number of hydrogen-bond donors (Lipinski definition) is 1. The van der Waals surface area contributed by atoms with E-state index in [-0.39, 0.29) is 11.2 Å². The van der Waals surface area contributed by atoms with Crippen LogP contribution in [0.15, 0.2) is 46.2 Å². The minimum absolute atomic E-state index is 0.341. The Balaban J connectivity index is 2.25. The molecule has 3 rings (SSSR count). The Morgan fingerprint density at radius 2 is 1.91 bits per heavy atom. The molecule has 6 nitrogen and oxygen atoms in total. The van der Waals surface area contributed by atoms with Gasteiger partial charge >= 0.3 is 5.69 Å². The number of aryl methyl sites for hydroxylation is 1. The molecule has 2 heterocycles. The van der Waals surface area contributed by atoms with E-state index in [1.54, 1.807) is 28.8 Å². The fraction of sp³-hybridized carbons (Fsp3) is 0.312. The topological polar surface area (TPSA) is 72.7 Å². The van der Waals surface area contributed by atoms with Gasteiger partial charge in [0.05, 0.1) is 12.0 Å². The van der Waals surface area contributed by atoms with Crippen molar-refractivity contribution in [3.63, 3.8) is 0 Å². The van der Waals surface area contributed by atoms with Gasteiger partial charge in [0.15, 0.2) is 5.65 Å². The maximum absolute atomic E-state index is 12.8. The van der Waals surface area contributed by atoms with Crippen LogP contribution in [0.3, 0.4) is 0 Å². The lowest BCUT2D eigenvalue weighted by atomic mass is 10.2. The van der Waals surface area contributed by atoms with Crippen molar-refractivity contribution in [2.75, 3.05) is 0 Å². The Bertz CT molecular complexity index is 890. The van der Waals surface area contributed by atoms with Crippen LogP contribution in [0.1, 0.15) is 26.2 Å². The van der Waals surface area contributed by atoms with Crippen LogP contribution in [0.4, 0.5) is 0 Å². The smallest absolute Gasteiger partial charge is 0.337 e. The molecule has 3 aromatic rings. The SMILES string of the molecule is CCCCCn1c(=O)n(-c2ccccc2)c(=O)c2[nH]cnc21. The lowest BCUT2D eigenvalue weighted by Crippen LogP contribution is -2.39. The van der Waals surface area contributed by atoms with E-state index < -0.39 is 0 Å². The third-order valence-electron chi connectivity index (χ3n) is 3.71. The first kappa shape index (κ1) is 14.3. The summed E-state index contributed by atoms with van der Waals surface area (Å²) >= 11 is 0. The Hall–Kier alpha value is -2.63. The molecular formula is C16H18N4O2. The highest BCUT2D eigenvalue weighted by atomic mass is 16.2. The van der Waals surface area contributed by atoms with E-state index in [1.807, 2.05) is 6.07 Å². The van der Waals surface area contributed by atoms with E-state index >= 15 is 0 Å². The molecule has 0 aliphatic carbocycles. The van der Waals surface area contributed by atoms with Crippen molar-refractivity contribution in [1.29, 1.82) is 0 Å². The number of unbranched alkanes of at least 4 members (excludes halogenated alkanes) is 2. The monoisotopic (exact) mass is 298 g/mol. The summed E-state index contributed by atoms with van der Waals surface area (Å²) in [5.41, 5.74) is 0.652. The maximum atomic E-state index is 12.8. The second-order valence-corrected chi connectivity index (χ2v) is 5.22. The summed E-state index contributed by atoms with van der Waals surface area (Å²) < 4.78 is 2.78. The lowest BCUT2D eigenvalue weighted by molar-refractivity contribution is 0.578. The van der Waals surface area contributed by atoms with Gasteiger partial charge in [0, 0.05) is 6.54 Å². The third-order valence-corrected chi connectivity index (χ3v) is 3.71. The largest absolute Gasteiger partial charge is 0.339 e. The predicted molar refractivity (Wildman–Crippen MR) is 85.5 cm³/mol. The molecule has 1 aromatic carbocycles. The molecule has 0 spiro atoms. The molecule has 0 aliphatic rings. The second-order valence-electron chi connectivity index (χ2n) is 5.22. The van der Waals surface area contributed by atoms with Crippen molar-refractivity contribution in [3.8, 4) is 5.69 Å². The van der Waals surface area contributed by atoms with Gasteiger partial charge in [-0.3, -0.25) is 9.36 Å². The van der Waals surface area contributed by atoms with E-state index in [0.717, 1.165) is 19.3 Å². The van der Waals surface area contributed by atoms with Crippen LogP contribution in [0.25, 0.3) is 16.9 Å². The number of H-pyrrole nitrogens is 1. The number of rotatable bonds is 5. The van der Waals surface area contributed by atoms with Crippen LogP contribution in [0.2, 0.25) is 0 Å². The zero-order valence-electron chi connectivity index (χ0n) is 12.5. The normalized spacial score (nSPS) is 11.1. The summed E-state index contributed by atoms with van der Waals surface area (Å²) in [6, 6.07) is 8.96. The highest BCUT2D eigenvalue weighted by molar-refractivity contribution is 5.69. The third kappa shape index (κ3) is 2.36. The average molecular weight is 298 g/mol. The van der Waals surface area contributed by atoms with Gasteiger partial charge in [-0.05, 0) is 18.6 Å². The first-order valence-electron chi connectivity index (χ1n) is 7.48. The molecule has 0 bridgehead atoms. The molecule has 0 fully saturated rings. The van der Waals surface area contributed by atoms with Gasteiger partial charge in [0.25, 0.3) is 5.56 Å². The van der Waals surface area contributed by atoms with Gasteiger partial charge < -0.3 is 4.98 Å². The Labute approximate surface area is 127 Å². The van der Waals surface area contributed by atoms with Gasteiger partial charge in [-0.25, -0.2) is 14.3 Å². The molecule has 0 saturated carbocycles. The summed E-state index contributed by atoms with van der Waals surface area (Å²) in [7, 11) is 0. The second kappa shape index (κ2) is 6.01. The molecule has 0 atom stereocenters. The fourth-order valence-corrected chi connectivity index (χ4v) is 2.59. The molecule has 0 saturated heterocycles. The maximum Gasteiger partial charge on any atom is 0.337 e. The van der Waals surface area contributed by atoms with Gasteiger partial charge in [0.1, 0.15) is 5.52 Å². The zero-order chi connectivity index (χ0) is 15.5. The molecule has 22 heavy (non-hydrogen) atoms. The standard InChI is InChI=1S/C16H18N4O2/c1-2-3-7-10-19-14-13(17-11-18-14)15(21)20(16(19)22)12-8-5-4-6-9-12/h4-6,8-9,11H,2-3,7,10H2,1H3,(H,17,18). The van der Waals surface area contributed by atoms with Crippen molar-refractivity contribution in [3.05, 3.63) is 57.5 Å². The molecule has 2 aromatic heterocycles. The van der Waals surface area contributed by atoms with Crippen molar-refractivity contribution >= 4 is 11.2 Å². The Kier molecular flexibility index (Phi) is 3.91. The molecule has 1 N–H and O–H groups in total. The van der Waals surface area contributed by atoms with Crippen LogP contribution in [-0.4, -0.2) is 19.1 Å². The number of hydrogen-bond acceptors (Lipinski definition) is 3. The minimum atomic E-state index is -0.365. The number of aromatic amines is 1. The number of imidazole rings is 1. The van der Waals surface area contributed by atoms with Crippen LogP contribution in [0.5, 0.6) is 0 Å². The lowest BCUT2D eigenvalue weighted by Gasteiger charge is -2.11. The number of benzene rings is 1. The van der Waals surface area contributed by atoms with Crippen LogP contribution in [-0.2, 0) is 6.54 Å². The van der Waals surface area contributed by atoms with Crippen LogP contribution >= 0.6 is 0 Å². The number of nitrogens with one attached hydrogen (secondary N) is 1. The molecular weight excluding hydrogens is 280 g/mol.